The van der Waals surface area contributed by atoms with Crippen LogP contribution in [-0.4, -0.2) is 72.2 Å². The average Bonchev–Trinajstić information content (AvgIpc) is 3.01. The summed E-state index contributed by atoms with van der Waals surface area (Å²) in [6.07, 6.45) is 0. The van der Waals surface area contributed by atoms with E-state index >= 15 is 0 Å². The van der Waals surface area contributed by atoms with Crippen LogP contribution >= 0.6 is 0 Å². The molecule has 0 aliphatic carbocycles. The fourth-order valence-corrected chi connectivity index (χ4v) is 5.92. The Hall–Kier alpha value is -4.45. The van der Waals surface area contributed by atoms with Gasteiger partial charge in [0.2, 0.25) is 11.8 Å². The molecule has 1 atom stereocenters. The summed E-state index contributed by atoms with van der Waals surface area (Å²) in [5.41, 5.74) is 1.89. The molecule has 2 amide bonds. The molecule has 3 aromatic rings. The number of nitrogens with one attached hydrogen (secondary N) is 1. The van der Waals surface area contributed by atoms with Gasteiger partial charge < -0.3 is 29.2 Å². The molecule has 0 saturated carbocycles. The summed E-state index contributed by atoms with van der Waals surface area (Å²) in [7, 11) is 1.26. The molecule has 0 bridgehead atoms. The maximum Gasteiger partial charge on any atom is 0.265 e. The number of carbonyl (C=O) groups excluding carboxylic acids is 2. The summed E-state index contributed by atoms with van der Waals surface area (Å²) in [4.78, 5) is 28.6. The van der Waals surface area contributed by atoms with Crippen molar-refractivity contribution in [2.24, 2.45) is 0 Å². The lowest BCUT2D eigenvalue weighted by Crippen LogP contribution is -2.52. The molecule has 44 heavy (non-hydrogen) atoms. The number of aryl methyl sites for hydroxylation is 1. The van der Waals surface area contributed by atoms with Crippen molar-refractivity contribution in [2.45, 2.75) is 51.2 Å². The standard InChI is InChI=1S/C32H41N3O8S/c1-21(2)33-32(37)23(4)34(19-24-11-9-22(3)10-12-24)31(36)20-35(27-17-25(40-5)13-15-28(27)41-6)44(38,39)26-14-16-29(42-7)30(18-26)43-8/h9-18,21,23H,19-20H2,1-8H3,(H,33,37)/t23-/m1/s1. The van der Waals surface area contributed by atoms with Crippen molar-refractivity contribution >= 4 is 27.5 Å². The molecule has 0 spiro atoms. The van der Waals surface area contributed by atoms with Gasteiger partial charge in [0.1, 0.15) is 24.1 Å². The monoisotopic (exact) mass is 627 g/mol. The smallest absolute Gasteiger partial charge is 0.265 e. The Labute approximate surface area is 259 Å². The van der Waals surface area contributed by atoms with Gasteiger partial charge >= 0.3 is 0 Å². The van der Waals surface area contributed by atoms with Crippen molar-refractivity contribution in [1.82, 2.24) is 10.2 Å². The largest absolute Gasteiger partial charge is 0.497 e. The van der Waals surface area contributed by atoms with E-state index in [-0.39, 0.29) is 40.6 Å². The van der Waals surface area contributed by atoms with Crippen LogP contribution in [0.15, 0.2) is 65.6 Å². The molecule has 0 aliphatic heterocycles. The summed E-state index contributed by atoms with van der Waals surface area (Å²) < 4.78 is 51.2. The molecule has 0 saturated heterocycles. The molecule has 0 radical (unpaired) electrons. The van der Waals surface area contributed by atoms with Crippen molar-refractivity contribution in [3.05, 3.63) is 71.8 Å². The van der Waals surface area contributed by atoms with Crippen LogP contribution in [0.2, 0.25) is 0 Å². The molecule has 0 heterocycles. The predicted molar refractivity (Wildman–Crippen MR) is 168 cm³/mol. The van der Waals surface area contributed by atoms with Gasteiger partial charge in [0.05, 0.1) is 39.0 Å². The minimum atomic E-state index is -4.43. The lowest BCUT2D eigenvalue weighted by Gasteiger charge is -2.32. The average molecular weight is 628 g/mol. The molecule has 0 aliphatic rings. The third kappa shape index (κ3) is 7.93. The van der Waals surface area contributed by atoms with Crippen molar-refractivity contribution < 1.29 is 37.0 Å². The second kappa shape index (κ2) is 14.8. The van der Waals surface area contributed by atoms with Crippen LogP contribution in [0.5, 0.6) is 23.0 Å². The molecule has 3 aromatic carbocycles. The number of methoxy groups -OCH3 is 4. The third-order valence-electron chi connectivity index (χ3n) is 6.95. The number of hydrogen-bond acceptors (Lipinski definition) is 8. The minimum Gasteiger partial charge on any atom is -0.497 e. The number of rotatable bonds is 14. The molecule has 0 aromatic heterocycles. The number of anilines is 1. The Kier molecular flexibility index (Phi) is 11.5. The van der Waals surface area contributed by atoms with Gasteiger partial charge in [-0.2, -0.15) is 0 Å². The van der Waals surface area contributed by atoms with Crippen LogP contribution in [-0.2, 0) is 26.2 Å². The van der Waals surface area contributed by atoms with Crippen molar-refractivity contribution in [1.29, 1.82) is 0 Å². The Bertz CT molecular complexity index is 1560. The first-order valence-corrected chi connectivity index (χ1v) is 15.4. The van der Waals surface area contributed by atoms with Gasteiger partial charge in [-0.1, -0.05) is 29.8 Å². The fraction of sp³-hybridized carbons (Fsp3) is 0.375. The Balaban J connectivity index is 2.17. The van der Waals surface area contributed by atoms with Gasteiger partial charge in [-0.25, -0.2) is 8.42 Å². The quantitative estimate of drug-likeness (QED) is 0.283. The highest BCUT2D eigenvalue weighted by atomic mass is 32.2. The van der Waals surface area contributed by atoms with E-state index in [0.717, 1.165) is 15.4 Å². The van der Waals surface area contributed by atoms with Gasteiger partial charge in [0.15, 0.2) is 11.5 Å². The van der Waals surface area contributed by atoms with Crippen LogP contribution in [0, 0.1) is 6.92 Å². The first-order valence-electron chi connectivity index (χ1n) is 14.0. The van der Waals surface area contributed by atoms with Gasteiger partial charge in [-0.15, -0.1) is 0 Å². The van der Waals surface area contributed by atoms with E-state index in [1.165, 1.54) is 57.6 Å². The fourth-order valence-electron chi connectivity index (χ4n) is 4.49. The number of hydrogen-bond donors (Lipinski definition) is 1. The van der Waals surface area contributed by atoms with Gasteiger partial charge in [-0.05, 0) is 57.5 Å². The highest BCUT2D eigenvalue weighted by Crippen LogP contribution is 2.37. The summed E-state index contributed by atoms with van der Waals surface area (Å²) in [6.45, 7) is 6.64. The van der Waals surface area contributed by atoms with Crippen LogP contribution in [0.4, 0.5) is 5.69 Å². The molecule has 12 heteroatoms. The van der Waals surface area contributed by atoms with Crippen molar-refractivity contribution in [2.75, 3.05) is 39.3 Å². The van der Waals surface area contributed by atoms with E-state index in [9.17, 15) is 18.0 Å². The number of ether oxygens (including phenoxy) is 4. The Morgan fingerprint density at radius 3 is 1.98 bits per heavy atom. The molecule has 0 fully saturated rings. The molecular formula is C32H41N3O8S. The van der Waals surface area contributed by atoms with E-state index < -0.39 is 28.5 Å². The van der Waals surface area contributed by atoms with E-state index in [1.807, 2.05) is 45.0 Å². The summed E-state index contributed by atoms with van der Waals surface area (Å²) in [5.74, 6) is 0.0969. The Morgan fingerprint density at radius 2 is 1.41 bits per heavy atom. The summed E-state index contributed by atoms with van der Waals surface area (Å²) in [5, 5.41) is 2.84. The second-order valence-corrected chi connectivity index (χ2v) is 12.3. The lowest BCUT2D eigenvalue weighted by molar-refractivity contribution is -0.139. The van der Waals surface area contributed by atoms with Crippen LogP contribution in [0.25, 0.3) is 0 Å². The number of amides is 2. The lowest BCUT2D eigenvalue weighted by atomic mass is 10.1. The highest BCUT2D eigenvalue weighted by molar-refractivity contribution is 7.92. The molecule has 3 rings (SSSR count). The minimum absolute atomic E-state index is 0.0737. The number of nitrogens with zero attached hydrogens (tertiary/aromatic N) is 2. The zero-order chi connectivity index (χ0) is 32.6. The first-order chi connectivity index (χ1) is 20.9. The molecular weight excluding hydrogens is 586 g/mol. The van der Waals surface area contributed by atoms with Gasteiger partial charge in [0.25, 0.3) is 10.0 Å². The maximum absolute atomic E-state index is 14.4. The SMILES string of the molecule is COc1ccc(OC)c(N(CC(=O)N(Cc2ccc(C)cc2)[C@H](C)C(=O)NC(C)C)S(=O)(=O)c2ccc(OC)c(OC)c2)c1. The van der Waals surface area contributed by atoms with Gasteiger partial charge in [-0.3, -0.25) is 13.9 Å². The maximum atomic E-state index is 14.4. The third-order valence-corrected chi connectivity index (χ3v) is 8.70. The second-order valence-electron chi connectivity index (χ2n) is 10.4. The number of carbonyl (C=O) groups is 2. The number of sulfonamides is 1. The van der Waals surface area contributed by atoms with Crippen LogP contribution in [0.1, 0.15) is 31.9 Å². The molecule has 0 unspecified atom stereocenters. The molecule has 11 nitrogen and oxygen atoms in total. The molecule has 238 valence electrons. The first kappa shape index (κ1) is 34.0. The zero-order valence-corrected chi connectivity index (χ0v) is 27.2. The predicted octanol–water partition coefficient (Wildman–Crippen LogP) is 4.17. The topological polar surface area (TPSA) is 124 Å². The van der Waals surface area contributed by atoms with Crippen molar-refractivity contribution in [3.8, 4) is 23.0 Å². The van der Waals surface area contributed by atoms with E-state index in [0.29, 0.717) is 11.5 Å². The van der Waals surface area contributed by atoms with E-state index in [1.54, 1.807) is 19.1 Å². The zero-order valence-electron chi connectivity index (χ0n) is 26.4. The van der Waals surface area contributed by atoms with Crippen molar-refractivity contribution in [3.63, 3.8) is 0 Å². The van der Waals surface area contributed by atoms with E-state index in [2.05, 4.69) is 5.32 Å². The molecule has 1 N–H and O–H groups in total. The van der Waals surface area contributed by atoms with Crippen LogP contribution < -0.4 is 28.6 Å². The number of benzene rings is 3. The van der Waals surface area contributed by atoms with E-state index in [4.69, 9.17) is 18.9 Å². The summed E-state index contributed by atoms with van der Waals surface area (Å²) in [6, 6.07) is 15.3. The van der Waals surface area contributed by atoms with Gasteiger partial charge in [0, 0.05) is 24.7 Å². The normalized spacial score (nSPS) is 11.8. The Morgan fingerprint density at radius 1 is 0.795 bits per heavy atom. The van der Waals surface area contributed by atoms with Crippen LogP contribution in [0.3, 0.4) is 0 Å². The summed E-state index contributed by atoms with van der Waals surface area (Å²) >= 11 is 0. The highest BCUT2D eigenvalue weighted by Gasteiger charge is 2.34.